The van der Waals surface area contributed by atoms with Crippen molar-refractivity contribution in [1.82, 2.24) is 4.57 Å². The minimum atomic E-state index is -0.422. The molecule has 0 saturated heterocycles. The van der Waals surface area contributed by atoms with Gasteiger partial charge in [-0.15, -0.1) is 0 Å². The van der Waals surface area contributed by atoms with E-state index in [1.807, 2.05) is 0 Å². The average Bonchev–Trinajstić information content (AvgIpc) is 2.88. The Labute approximate surface area is 158 Å². The van der Waals surface area contributed by atoms with Gasteiger partial charge in [-0.1, -0.05) is 6.07 Å². The smallest absolute Gasteiger partial charge is 0.269 e. The van der Waals surface area contributed by atoms with E-state index in [-0.39, 0.29) is 5.69 Å². The van der Waals surface area contributed by atoms with Crippen LogP contribution in [0, 0.1) is 37.8 Å². The highest BCUT2D eigenvalue weighted by atomic mass is 16.6. The van der Waals surface area contributed by atoms with Crippen molar-refractivity contribution in [2.45, 2.75) is 27.7 Å². The Morgan fingerprint density at radius 2 is 1.63 bits per heavy atom. The van der Waals surface area contributed by atoms with E-state index in [1.54, 1.807) is 18.3 Å². The summed E-state index contributed by atoms with van der Waals surface area (Å²) in [5.74, 6) is 0. The highest BCUT2D eigenvalue weighted by Gasteiger charge is 2.10. The van der Waals surface area contributed by atoms with Gasteiger partial charge in [-0.05, 0) is 69.2 Å². The molecule has 0 atom stereocenters. The number of hydrogen-bond donors (Lipinski definition) is 1. The molecule has 0 unspecified atom stereocenters. The first kappa shape index (κ1) is 18.4. The summed E-state index contributed by atoms with van der Waals surface area (Å²) in [6.45, 7) is 8.34. The number of nitrogens with one attached hydrogen (secondary N) is 1. The van der Waals surface area contributed by atoms with Gasteiger partial charge in [-0.2, -0.15) is 5.10 Å². The first-order valence-corrected chi connectivity index (χ1v) is 8.66. The third-order valence-electron chi connectivity index (χ3n) is 4.41. The molecule has 1 N–H and O–H groups in total. The van der Waals surface area contributed by atoms with Crippen LogP contribution in [0.5, 0.6) is 0 Å². The molecule has 6 nitrogen and oxygen atoms in total. The third kappa shape index (κ3) is 4.06. The molecule has 138 valence electrons. The number of nitro groups is 1. The Hall–Kier alpha value is -3.41. The zero-order valence-electron chi connectivity index (χ0n) is 15.9. The number of hydrogen-bond acceptors (Lipinski definition) is 4. The standard InChI is InChI=1S/C21H22N4O2/c1-14-9-15(2)11-21(10-14)24-16(3)12-18(17(24)4)13-22-23-19-5-7-20(8-6-19)25(26)27/h5-13,23H,1-4H3/b22-13-. The quantitative estimate of drug-likeness (QED) is 0.391. The van der Waals surface area contributed by atoms with Crippen LogP contribution in [0.1, 0.15) is 28.1 Å². The zero-order chi connectivity index (χ0) is 19.6. The highest BCUT2D eigenvalue weighted by Crippen LogP contribution is 2.22. The largest absolute Gasteiger partial charge is 0.318 e. The second-order valence-electron chi connectivity index (χ2n) is 6.68. The molecule has 1 aromatic heterocycles. The molecule has 3 aromatic rings. The van der Waals surface area contributed by atoms with Crippen molar-refractivity contribution in [3.05, 3.63) is 86.7 Å². The second-order valence-corrected chi connectivity index (χ2v) is 6.68. The molecule has 0 fully saturated rings. The van der Waals surface area contributed by atoms with Gasteiger partial charge in [0.15, 0.2) is 0 Å². The van der Waals surface area contributed by atoms with Gasteiger partial charge in [0.25, 0.3) is 5.69 Å². The van der Waals surface area contributed by atoms with Crippen LogP contribution in [0.2, 0.25) is 0 Å². The molecule has 27 heavy (non-hydrogen) atoms. The molecule has 2 aromatic carbocycles. The zero-order valence-corrected chi connectivity index (χ0v) is 15.9. The summed E-state index contributed by atoms with van der Waals surface area (Å²) in [4.78, 5) is 10.3. The molecule has 0 saturated carbocycles. The predicted octanol–water partition coefficient (Wildman–Crippen LogP) is 5.07. The number of non-ortho nitro benzene ring substituents is 1. The van der Waals surface area contributed by atoms with Crippen molar-refractivity contribution in [3.8, 4) is 5.69 Å². The van der Waals surface area contributed by atoms with Crippen molar-refractivity contribution in [1.29, 1.82) is 0 Å². The molecule has 3 rings (SSSR count). The molecule has 0 amide bonds. The van der Waals surface area contributed by atoms with E-state index >= 15 is 0 Å². The Kier molecular flexibility index (Phi) is 5.07. The number of rotatable bonds is 5. The summed E-state index contributed by atoms with van der Waals surface area (Å²) in [5.41, 5.74) is 10.5. The summed E-state index contributed by atoms with van der Waals surface area (Å²) in [7, 11) is 0. The number of aryl methyl sites for hydroxylation is 3. The number of anilines is 1. The minimum Gasteiger partial charge on any atom is -0.318 e. The first-order valence-electron chi connectivity index (χ1n) is 8.66. The van der Waals surface area contributed by atoms with Gasteiger partial charge in [-0.3, -0.25) is 15.5 Å². The lowest BCUT2D eigenvalue weighted by Gasteiger charge is -2.11. The monoisotopic (exact) mass is 362 g/mol. The van der Waals surface area contributed by atoms with E-state index in [4.69, 9.17) is 0 Å². The summed E-state index contributed by atoms with van der Waals surface area (Å²) >= 11 is 0. The molecule has 1 heterocycles. The summed E-state index contributed by atoms with van der Waals surface area (Å²) in [6.07, 6.45) is 1.77. The first-order chi connectivity index (χ1) is 12.8. The summed E-state index contributed by atoms with van der Waals surface area (Å²) in [6, 6.07) is 14.8. The van der Waals surface area contributed by atoms with Crippen LogP contribution in [0.25, 0.3) is 5.69 Å². The van der Waals surface area contributed by atoms with E-state index in [0.29, 0.717) is 5.69 Å². The third-order valence-corrected chi connectivity index (χ3v) is 4.41. The van der Waals surface area contributed by atoms with Crippen molar-refractivity contribution >= 4 is 17.6 Å². The Morgan fingerprint density at radius 3 is 2.22 bits per heavy atom. The second kappa shape index (κ2) is 7.45. The van der Waals surface area contributed by atoms with Crippen molar-refractivity contribution in [2.75, 3.05) is 5.43 Å². The predicted molar refractivity (Wildman–Crippen MR) is 109 cm³/mol. The minimum absolute atomic E-state index is 0.0570. The van der Waals surface area contributed by atoms with Crippen LogP contribution in [0.4, 0.5) is 11.4 Å². The summed E-state index contributed by atoms with van der Waals surface area (Å²) in [5, 5.41) is 15.0. The highest BCUT2D eigenvalue weighted by molar-refractivity contribution is 5.82. The van der Waals surface area contributed by atoms with E-state index < -0.39 is 4.92 Å². The van der Waals surface area contributed by atoms with Crippen LogP contribution in [0.3, 0.4) is 0 Å². The Balaban J connectivity index is 1.82. The SMILES string of the molecule is Cc1cc(C)cc(-n2c(C)cc(/C=N\Nc3ccc([N+](=O)[O-])cc3)c2C)c1. The lowest BCUT2D eigenvalue weighted by molar-refractivity contribution is -0.384. The topological polar surface area (TPSA) is 72.5 Å². The average molecular weight is 362 g/mol. The molecule has 0 aliphatic heterocycles. The van der Waals surface area contributed by atoms with Crippen LogP contribution in [-0.4, -0.2) is 15.7 Å². The van der Waals surface area contributed by atoms with Gasteiger partial charge >= 0.3 is 0 Å². The Morgan fingerprint density at radius 1 is 1.00 bits per heavy atom. The van der Waals surface area contributed by atoms with E-state index in [9.17, 15) is 10.1 Å². The van der Waals surface area contributed by atoms with Gasteiger partial charge < -0.3 is 4.57 Å². The van der Waals surface area contributed by atoms with Crippen molar-refractivity contribution in [3.63, 3.8) is 0 Å². The van der Waals surface area contributed by atoms with E-state index in [1.165, 1.54) is 23.3 Å². The van der Waals surface area contributed by atoms with Gasteiger partial charge in [0, 0.05) is 34.8 Å². The fraction of sp³-hybridized carbons (Fsp3) is 0.190. The fourth-order valence-corrected chi connectivity index (χ4v) is 3.23. The van der Waals surface area contributed by atoms with Crippen molar-refractivity contribution < 1.29 is 4.92 Å². The van der Waals surface area contributed by atoms with Gasteiger partial charge in [0.05, 0.1) is 16.8 Å². The van der Waals surface area contributed by atoms with E-state index in [2.05, 4.69) is 67.1 Å². The Bertz CT molecular complexity index is 997. The lowest BCUT2D eigenvalue weighted by Crippen LogP contribution is -2.01. The molecule has 0 aliphatic carbocycles. The molecular formula is C21H22N4O2. The normalized spacial score (nSPS) is 11.1. The van der Waals surface area contributed by atoms with Crippen LogP contribution in [-0.2, 0) is 0 Å². The number of benzene rings is 2. The fourth-order valence-electron chi connectivity index (χ4n) is 3.23. The van der Waals surface area contributed by atoms with Crippen molar-refractivity contribution in [2.24, 2.45) is 5.10 Å². The van der Waals surface area contributed by atoms with Crippen LogP contribution >= 0.6 is 0 Å². The molecule has 6 heteroatoms. The number of aromatic nitrogens is 1. The van der Waals surface area contributed by atoms with Gasteiger partial charge in [-0.25, -0.2) is 0 Å². The molecule has 0 bridgehead atoms. The van der Waals surface area contributed by atoms with E-state index in [0.717, 1.165) is 22.6 Å². The maximum Gasteiger partial charge on any atom is 0.269 e. The lowest BCUT2D eigenvalue weighted by atomic mass is 10.1. The number of nitro benzene ring substituents is 1. The van der Waals surface area contributed by atoms with Gasteiger partial charge in [0.1, 0.15) is 0 Å². The van der Waals surface area contributed by atoms with Crippen LogP contribution < -0.4 is 5.43 Å². The molecular weight excluding hydrogens is 340 g/mol. The number of nitrogens with zero attached hydrogens (tertiary/aromatic N) is 3. The van der Waals surface area contributed by atoms with Gasteiger partial charge in [0.2, 0.25) is 0 Å². The molecule has 0 aliphatic rings. The maximum atomic E-state index is 10.7. The molecule has 0 radical (unpaired) electrons. The number of hydrazone groups is 1. The summed E-state index contributed by atoms with van der Waals surface area (Å²) < 4.78 is 2.22. The molecule has 0 spiro atoms. The maximum absolute atomic E-state index is 10.7. The van der Waals surface area contributed by atoms with Crippen LogP contribution in [0.15, 0.2) is 53.6 Å².